The monoisotopic (exact) mass is 438 g/mol. The van der Waals surface area contributed by atoms with Crippen molar-refractivity contribution in [3.63, 3.8) is 0 Å². The maximum absolute atomic E-state index is 5.85. The quantitative estimate of drug-likeness (QED) is 0.358. The van der Waals surface area contributed by atoms with Gasteiger partial charge in [0.15, 0.2) is 10.9 Å². The van der Waals surface area contributed by atoms with Crippen LogP contribution < -0.4 is 0 Å². The highest BCUT2D eigenvalue weighted by Gasteiger charge is 2.23. The van der Waals surface area contributed by atoms with Gasteiger partial charge < -0.3 is 9.15 Å². The van der Waals surface area contributed by atoms with E-state index >= 15 is 0 Å². The first-order chi connectivity index (χ1) is 14.8. The highest BCUT2D eigenvalue weighted by Crippen LogP contribution is 2.30. The number of thioether (sulfide) groups is 1. The molecule has 0 amide bonds. The van der Waals surface area contributed by atoms with Crippen LogP contribution in [0, 0.1) is 6.92 Å². The third kappa shape index (κ3) is 4.21. The Kier molecular flexibility index (Phi) is 5.70. The Hall–Kier alpha value is -2.42. The van der Waals surface area contributed by atoms with Crippen molar-refractivity contribution in [2.24, 2.45) is 0 Å². The molecule has 0 radical (unpaired) electrons. The van der Waals surface area contributed by atoms with Crippen LogP contribution in [0.25, 0.3) is 22.2 Å². The Morgan fingerprint density at radius 2 is 2.20 bits per heavy atom. The second-order valence-electron chi connectivity index (χ2n) is 7.33. The lowest BCUT2D eigenvalue weighted by molar-refractivity contribution is 0.0952. The first-order valence-corrected chi connectivity index (χ1v) is 11.9. The fourth-order valence-corrected chi connectivity index (χ4v) is 5.33. The molecule has 0 bridgehead atoms. The normalized spacial score (nSPS) is 16.4. The van der Waals surface area contributed by atoms with Crippen molar-refractivity contribution in [1.29, 1.82) is 0 Å². The summed E-state index contributed by atoms with van der Waals surface area (Å²) in [6.45, 7) is 3.66. The maximum Gasteiger partial charge on any atom is 0.200 e. The lowest BCUT2D eigenvalue weighted by atomic mass is 10.1. The van der Waals surface area contributed by atoms with Crippen molar-refractivity contribution >= 4 is 23.1 Å². The van der Waals surface area contributed by atoms with Gasteiger partial charge in [0.25, 0.3) is 0 Å². The summed E-state index contributed by atoms with van der Waals surface area (Å²) in [4.78, 5) is 4.82. The van der Waals surface area contributed by atoms with Gasteiger partial charge in [-0.05, 0) is 38.0 Å². The van der Waals surface area contributed by atoms with Gasteiger partial charge in [-0.25, -0.2) is 4.98 Å². The molecule has 1 saturated heterocycles. The zero-order chi connectivity index (χ0) is 20.3. The van der Waals surface area contributed by atoms with Gasteiger partial charge in [0.1, 0.15) is 5.01 Å². The molecular formula is C22H22N4O2S2. The van der Waals surface area contributed by atoms with E-state index in [-0.39, 0.29) is 6.10 Å². The minimum Gasteiger partial charge on any atom is -0.461 e. The van der Waals surface area contributed by atoms with Crippen molar-refractivity contribution in [2.45, 2.75) is 43.3 Å². The largest absolute Gasteiger partial charge is 0.461 e. The van der Waals surface area contributed by atoms with Crippen molar-refractivity contribution in [2.75, 3.05) is 6.61 Å². The first kappa shape index (κ1) is 19.5. The zero-order valence-electron chi connectivity index (χ0n) is 16.7. The van der Waals surface area contributed by atoms with Gasteiger partial charge in [-0.1, -0.05) is 35.5 Å². The molecule has 1 unspecified atom stereocenters. The van der Waals surface area contributed by atoms with Crippen molar-refractivity contribution in [3.8, 4) is 22.2 Å². The van der Waals surface area contributed by atoms with E-state index < -0.39 is 0 Å². The zero-order valence-corrected chi connectivity index (χ0v) is 18.3. The highest BCUT2D eigenvalue weighted by atomic mass is 32.2. The lowest BCUT2D eigenvalue weighted by Gasteiger charge is -2.13. The molecule has 0 aliphatic carbocycles. The summed E-state index contributed by atoms with van der Waals surface area (Å²) in [5, 5.41) is 12.9. The third-order valence-electron chi connectivity index (χ3n) is 5.03. The summed E-state index contributed by atoms with van der Waals surface area (Å²) in [5.41, 5.74) is 3.46. The van der Waals surface area contributed by atoms with Crippen molar-refractivity contribution in [1.82, 2.24) is 19.7 Å². The van der Waals surface area contributed by atoms with Crippen molar-refractivity contribution in [3.05, 3.63) is 59.3 Å². The van der Waals surface area contributed by atoms with Gasteiger partial charge in [0.2, 0.25) is 5.82 Å². The molecule has 0 saturated carbocycles. The van der Waals surface area contributed by atoms with E-state index in [1.807, 2.05) is 12.1 Å². The van der Waals surface area contributed by atoms with Crippen LogP contribution >= 0.6 is 23.1 Å². The summed E-state index contributed by atoms with van der Waals surface area (Å²) in [7, 11) is 0. The van der Waals surface area contributed by atoms with Crippen LogP contribution in [0.3, 0.4) is 0 Å². The van der Waals surface area contributed by atoms with Crippen LogP contribution in [0.5, 0.6) is 0 Å². The Balaban J connectivity index is 1.35. The number of aryl methyl sites for hydroxylation is 1. The number of nitrogens with zero attached hydrogens (tertiary/aromatic N) is 4. The van der Waals surface area contributed by atoms with E-state index in [2.05, 4.69) is 51.3 Å². The summed E-state index contributed by atoms with van der Waals surface area (Å²) < 4.78 is 13.5. The molecular weight excluding hydrogens is 416 g/mol. The standard InChI is InChI=1S/C22H22N4O2S2/c1-15-5-2-6-16(11-15)21-23-17(13-29-21)14-30-22-25-24-20(19-8-4-10-28-19)26(22)12-18-7-3-9-27-18/h2,4-6,8,10-11,13,18H,3,7,9,12,14H2,1H3. The van der Waals surface area contributed by atoms with Crippen LogP contribution in [0.4, 0.5) is 0 Å². The fourth-order valence-electron chi connectivity index (χ4n) is 3.56. The molecule has 30 heavy (non-hydrogen) atoms. The molecule has 5 rings (SSSR count). The number of benzene rings is 1. The fraction of sp³-hybridized carbons (Fsp3) is 0.318. The number of furan rings is 1. The maximum atomic E-state index is 5.85. The third-order valence-corrected chi connectivity index (χ3v) is 6.98. The molecule has 1 fully saturated rings. The summed E-state index contributed by atoms with van der Waals surface area (Å²) in [6.07, 6.45) is 4.02. The van der Waals surface area contributed by atoms with Crippen LogP contribution in [0.2, 0.25) is 0 Å². The first-order valence-electron chi connectivity index (χ1n) is 9.99. The average Bonchev–Trinajstić information content (AvgIpc) is 3.54. The highest BCUT2D eigenvalue weighted by molar-refractivity contribution is 7.98. The Morgan fingerprint density at radius 1 is 1.23 bits per heavy atom. The molecule has 1 aliphatic heterocycles. The molecule has 154 valence electrons. The molecule has 0 spiro atoms. The number of hydrogen-bond donors (Lipinski definition) is 0. The number of aromatic nitrogens is 4. The van der Waals surface area contributed by atoms with E-state index in [4.69, 9.17) is 14.1 Å². The average molecular weight is 439 g/mol. The number of rotatable bonds is 7. The molecule has 4 heterocycles. The SMILES string of the molecule is Cc1cccc(-c2nc(CSc3nnc(-c4ccco4)n3CC3CCCO3)cs2)c1. The summed E-state index contributed by atoms with van der Waals surface area (Å²) in [5.74, 6) is 2.21. The Bertz CT molecular complexity index is 1110. The van der Waals surface area contributed by atoms with E-state index in [1.165, 1.54) is 5.56 Å². The van der Waals surface area contributed by atoms with Gasteiger partial charge in [-0.3, -0.25) is 4.57 Å². The summed E-state index contributed by atoms with van der Waals surface area (Å²) >= 11 is 3.33. The minimum atomic E-state index is 0.196. The minimum absolute atomic E-state index is 0.196. The van der Waals surface area contributed by atoms with Gasteiger partial charge in [-0.15, -0.1) is 21.5 Å². The molecule has 0 N–H and O–H groups in total. The van der Waals surface area contributed by atoms with Gasteiger partial charge in [-0.2, -0.15) is 0 Å². The molecule has 1 aromatic carbocycles. The number of ether oxygens (including phenoxy) is 1. The molecule has 1 aliphatic rings. The van der Waals surface area contributed by atoms with Crippen molar-refractivity contribution < 1.29 is 9.15 Å². The molecule has 8 heteroatoms. The second-order valence-corrected chi connectivity index (χ2v) is 9.13. The smallest absolute Gasteiger partial charge is 0.200 e. The lowest BCUT2D eigenvalue weighted by Crippen LogP contribution is -2.16. The van der Waals surface area contributed by atoms with E-state index in [9.17, 15) is 0 Å². The molecule has 6 nitrogen and oxygen atoms in total. The van der Waals surface area contributed by atoms with E-state index in [0.29, 0.717) is 0 Å². The predicted octanol–water partition coefficient (Wildman–Crippen LogP) is 5.44. The van der Waals surface area contributed by atoms with Gasteiger partial charge in [0, 0.05) is 23.3 Å². The van der Waals surface area contributed by atoms with Crippen LogP contribution in [-0.2, 0) is 17.0 Å². The summed E-state index contributed by atoms with van der Waals surface area (Å²) in [6, 6.07) is 12.2. The number of hydrogen-bond acceptors (Lipinski definition) is 7. The van der Waals surface area contributed by atoms with Crippen LogP contribution in [-0.4, -0.2) is 32.5 Å². The Labute approximate surface area is 183 Å². The predicted molar refractivity (Wildman–Crippen MR) is 119 cm³/mol. The number of thiazole rings is 1. The van der Waals surface area contributed by atoms with E-state index in [1.54, 1.807) is 29.4 Å². The second kappa shape index (κ2) is 8.75. The topological polar surface area (TPSA) is 66.0 Å². The molecule has 1 atom stereocenters. The molecule has 3 aromatic heterocycles. The van der Waals surface area contributed by atoms with Crippen LogP contribution in [0.1, 0.15) is 24.1 Å². The van der Waals surface area contributed by atoms with Gasteiger partial charge >= 0.3 is 0 Å². The van der Waals surface area contributed by atoms with Gasteiger partial charge in [0.05, 0.1) is 24.6 Å². The van der Waals surface area contributed by atoms with Crippen LogP contribution in [0.15, 0.2) is 57.6 Å². The Morgan fingerprint density at radius 3 is 3.00 bits per heavy atom. The van der Waals surface area contributed by atoms with E-state index in [0.717, 1.165) is 64.8 Å². The molecule has 4 aromatic rings.